The third-order valence-corrected chi connectivity index (χ3v) is 6.15. The van der Waals surface area contributed by atoms with E-state index in [4.69, 9.17) is 0 Å². The second-order valence-electron chi connectivity index (χ2n) is 9.17. The lowest BCUT2D eigenvalue weighted by molar-refractivity contribution is 0.737. The number of benzene rings is 4. The molecule has 4 aromatic carbocycles. The van der Waals surface area contributed by atoms with Gasteiger partial charge in [0, 0.05) is 0 Å². The van der Waals surface area contributed by atoms with Crippen molar-refractivity contribution in [1.29, 1.82) is 0 Å². The highest BCUT2D eigenvalue weighted by Gasteiger charge is 2.51. The van der Waals surface area contributed by atoms with Crippen molar-refractivity contribution in [3.05, 3.63) is 119 Å². The molecule has 0 saturated carbocycles. The summed E-state index contributed by atoms with van der Waals surface area (Å²) in [5.41, 5.74) is 12.3. The van der Waals surface area contributed by atoms with Crippen LogP contribution in [0.4, 0.5) is 0 Å². The molecule has 30 heavy (non-hydrogen) atoms. The number of hydrogen-bond acceptors (Lipinski definition) is 0. The zero-order chi connectivity index (χ0) is 20.9. The summed E-state index contributed by atoms with van der Waals surface area (Å²) in [7, 11) is 0. The highest BCUT2D eigenvalue weighted by atomic mass is 14.5. The molecule has 0 nitrogen and oxygen atoms in total. The van der Waals surface area contributed by atoms with Crippen LogP contribution in [-0.4, -0.2) is 0 Å². The van der Waals surface area contributed by atoms with Gasteiger partial charge in [-0.15, -0.1) is 0 Å². The van der Waals surface area contributed by atoms with Crippen LogP contribution in [0.25, 0.3) is 22.3 Å². The predicted octanol–water partition coefficient (Wildman–Crippen LogP) is 8.00. The number of fused-ring (bicyclic) bond motifs is 10. The molecule has 0 atom stereocenters. The summed E-state index contributed by atoms with van der Waals surface area (Å²) in [6.07, 6.45) is 0. The van der Waals surface area contributed by atoms with Crippen molar-refractivity contribution >= 4 is 0 Å². The summed E-state index contributed by atoms with van der Waals surface area (Å²) in [6.45, 7) is 8.70. The SMILES string of the molecule is CC(C)C.Cc1ccc2c(c1)C1(c3ccccc3-c3ccccc31)c1ccccc1-2. The summed E-state index contributed by atoms with van der Waals surface area (Å²) in [5, 5.41) is 0. The average Bonchev–Trinajstić information content (AvgIpc) is 3.20. The standard InChI is InChI=1S/C26H18.C4H10/c1-17-14-15-21-20-10-4-7-13-24(20)26(25(21)16-17)22-11-5-2-8-18(22)19-9-3-6-12-23(19)26;1-4(2)3/h2-16H,1H3;4H,1-3H3. The van der Waals surface area contributed by atoms with Crippen molar-refractivity contribution in [1.82, 2.24) is 0 Å². The van der Waals surface area contributed by atoms with Gasteiger partial charge in [-0.25, -0.2) is 0 Å². The lowest BCUT2D eigenvalue weighted by Gasteiger charge is -2.30. The Bertz CT molecular complexity index is 1180. The topological polar surface area (TPSA) is 0 Å². The zero-order valence-corrected chi connectivity index (χ0v) is 18.2. The first-order valence-electron chi connectivity index (χ1n) is 11.0. The molecule has 0 radical (unpaired) electrons. The number of hydrogen-bond donors (Lipinski definition) is 0. The van der Waals surface area contributed by atoms with E-state index in [0.29, 0.717) is 0 Å². The van der Waals surface area contributed by atoms with Crippen molar-refractivity contribution in [2.24, 2.45) is 5.92 Å². The van der Waals surface area contributed by atoms with Crippen LogP contribution in [0.3, 0.4) is 0 Å². The molecular weight excluding hydrogens is 360 g/mol. The highest BCUT2D eigenvalue weighted by Crippen LogP contribution is 2.62. The molecular formula is C30H28. The number of rotatable bonds is 0. The van der Waals surface area contributed by atoms with E-state index in [1.54, 1.807) is 0 Å². The Labute approximate surface area is 180 Å². The van der Waals surface area contributed by atoms with Crippen LogP contribution in [0.5, 0.6) is 0 Å². The summed E-state index contributed by atoms with van der Waals surface area (Å²) in [4.78, 5) is 0. The Kier molecular flexibility index (Phi) is 4.40. The Balaban J connectivity index is 0.000000446. The summed E-state index contributed by atoms with van der Waals surface area (Å²) in [6, 6.07) is 33.8. The summed E-state index contributed by atoms with van der Waals surface area (Å²) >= 11 is 0. The molecule has 0 amide bonds. The van der Waals surface area contributed by atoms with Crippen LogP contribution >= 0.6 is 0 Å². The molecule has 4 aromatic rings. The molecule has 6 rings (SSSR count). The second kappa shape index (κ2) is 6.99. The van der Waals surface area contributed by atoms with Crippen LogP contribution in [0.1, 0.15) is 48.6 Å². The van der Waals surface area contributed by atoms with Gasteiger partial charge in [-0.2, -0.15) is 0 Å². The molecule has 0 aliphatic heterocycles. The van der Waals surface area contributed by atoms with Crippen molar-refractivity contribution < 1.29 is 0 Å². The molecule has 0 fully saturated rings. The molecule has 0 aromatic heterocycles. The summed E-state index contributed by atoms with van der Waals surface area (Å²) in [5.74, 6) is 0.833. The smallest absolute Gasteiger partial charge is 0.0630 e. The van der Waals surface area contributed by atoms with E-state index < -0.39 is 0 Å². The third kappa shape index (κ3) is 2.53. The summed E-state index contributed by atoms with van der Waals surface area (Å²) < 4.78 is 0. The van der Waals surface area contributed by atoms with Gasteiger partial charge in [0.2, 0.25) is 0 Å². The van der Waals surface area contributed by atoms with E-state index in [-0.39, 0.29) is 5.41 Å². The van der Waals surface area contributed by atoms with Crippen molar-refractivity contribution in [3.8, 4) is 22.3 Å². The molecule has 0 heterocycles. The van der Waals surface area contributed by atoms with Crippen molar-refractivity contribution in [3.63, 3.8) is 0 Å². The van der Waals surface area contributed by atoms with Gasteiger partial charge in [-0.05, 0) is 57.3 Å². The van der Waals surface area contributed by atoms with E-state index >= 15 is 0 Å². The van der Waals surface area contributed by atoms with Gasteiger partial charge >= 0.3 is 0 Å². The van der Waals surface area contributed by atoms with E-state index in [0.717, 1.165) is 5.92 Å². The van der Waals surface area contributed by atoms with Crippen LogP contribution in [0, 0.1) is 12.8 Å². The van der Waals surface area contributed by atoms with Gasteiger partial charge in [0.05, 0.1) is 5.41 Å². The molecule has 0 heteroatoms. The molecule has 2 aliphatic rings. The van der Waals surface area contributed by atoms with Crippen molar-refractivity contribution in [2.45, 2.75) is 33.1 Å². The van der Waals surface area contributed by atoms with Crippen molar-refractivity contribution in [2.75, 3.05) is 0 Å². The van der Waals surface area contributed by atoms with Crippen LogP contribution < -0.4 is 0 Å². The average molecular weight is 389 g/mol. The monoisotopic (exact) mass is 388 g/mol. The van der Waals surface area contributed by atoms with Gasteiger partial charge in [0.1, 0.15) is 0 Å². The lowest BCUT2D eigenvalue weighted by atomic mass is 9.70. The van der Waals surface area contributed by atoms with Gasteiger partial charge in [-0.3, -0.25) is 0 Å². The molecule has 2 aliphatic carbocycles. The van der Waals surface area contributed by atoms with E-state index in [2.05, 4.69) is 119 Å². The predicted molar refractivity (Wildman–Crippen MR) is 128 cm³/mol. The Hall–Kier alpha value is -3.12. The Morgan fingerprint density at radius 1 is 0.500 bits per heavy atom. The Morgan fingerprint density at radius 3 is 1.30 bits per heavy atom. The molecule has 1 spiro atoms. The molecule has 0 N–H and O–H groups in total. The normalized spacial score (nSPS) is 13.9. The van der Waals surface area contributed by atoms with Crippen LogP contribution in [-0.2, 0) is 5.41 Å². The second-order valence-corrected chi connectivity index (χ2v) is 9.17. The number of aryl methyl sites for hydroxylation is 1. The maximum Gasteiger partial charge on any atom is 0.0725 e. The minimum absolute atomic E-state index is 0.189. The fourth-order valence-corrected chi connectivity index (χ4v) is 5.21. The minimum atomic E-state index is -0.189. The third-order valence-electron chi connectivity index (χ3n) is 6.15. The first-order chi connectivity index (χ1) is 14.5. The fourth-order valence-electron chi connectivity index (χ4n) is 5.21. The Morgan fingerprint density at radius 2 is 0.867 bits per heavy atom. The molecule has 0 unspecified atom stereocenters. The first kappa shape index (κ1) is 18.9. The fraction of sp³-hybridized carbons (Fsp3) is 0.200. The van der Waals surface area contributed by atoms with E-state index in [1.807, 2.05) is 0 Å². The lowest BCUT2D eigenvalue weighted by Crippen LogP contribution is -2.25. The molecule has 148 valence electrons. The minimum Gasteiger partial charge on any atom is -0.0630 e. The first-order valence-corrected chi connectivity index (χ1v) is 11.0. The van der Waals surface area contributed by atoms with Crippen LogP contribution in [0.2, 0.25) is 0 Å². The van der Waals surface area contributed by atoms with Crippen LogP contribution in [0.15, 0.2) is 91.0 Å². The van der Waals surface area contributed by atoms with Gasteiger partial charge in [0.25, 0.3) is 0 Å². The highest BCUT2D eigenvalue weighted by molar-refractivity contribution is 5.94. The zero-order valence-electron chi connectivity index (χ0n) is 18.2. The molecule has 0 bridgehead atoms. The maximum absolute atomic E-state index is 2.40. The van der Waals surface area contributed by atoms with Gasteiger partial charge in [0.15, 0.2) is 0 Å². The quantitative estimate of drug-likeness (QED) is 0.247. The van der Waals surface area contributed by atoms with Gasteiger partial charge in [-0.1, -0.05) is 117 Å². The maximum atomic E-state index is 2.40. The van der Waals surface area contributed by atoms with Gasteiger partial charge < -0.3 is 0 Å². The largest absolute Gasteiger partial charge is 0.0725 e. The van der Waals surface area contributed by atoms with E-state index in [9.17, 15) is 0 Å². The molecule has 0 saturated heterocycles. The van der Waals surface area contributed by atoms with E-state index in [1.165, 1.54) is 50.1 Å².